The van der Waals surface area contributed by atoms with Gasteiger partial charge in [-0.25, -0.2) is 0 Å². The lowest BCUT2D eigenvalue weighted by Gasteiger charge is -2.24. The predicted octanol–water partition coefficient (Wildman–Crippen LogP) is 1.51. The molecule has 0 amide bonds. The number of nitrogens with zero attached hydrogens (tertiary/aromatic N) is 2. The molecule has 0 aliphatic carbocycles. The third-order valence-corrected chi connectivity index (χ3v) is 2.92. The molecule has 1 aromatic carbocycles. The molecule has 1 unspecified atom stereocenters. The van der Waals surface area contributed by atoms with Crippen LogP contribution < -0.4 is 0 Å². The molecule has 0 spiro atoms. The molecule has 0 fully saturated rings. The normalized spacial score (nSPS) is 13.9. The molecule has 1 N–H and O–H groups in total. The van der Waals surface area contributed by atoms with E-state index in [0.717, 1.165) is 0 Å². The summed E-state index contributed by atoms with van der Waals surface area (Å²) in [5.74, 6) is 0. The Hall–Kier alpha value is -2.02. The van der Waals surface area contributed by atoms with Gasteiger partial charge < -0.3 is 5.11 Å². The summed E-state index contributed by atoms with van der Waals surface area (Å²) in [4.78, 5) is 20.2. The fourth-order valence-corrected chi connectivity index (χ4v) is 1.83. The highest BCUT2D eigenvalue weighted by Gasteiger charge is 2.32. The van der Waals surface area contributed by atoms with Gasteiger partial charge in [-0.2, -0.15) is 0 Å². The minimum Gasteiger partial charge on any atom is -0.396 e. The van der Waals surface area contributed by atoms with Crippen LogP contribution in [0, 0.1) is 20.2 Å². The van der Waals surface area contributed by atoms with Crippen LogP contribution in [0.1, 0.15) is 18.9 Å². The van der Waals surface area contributed by atoms with Crippen molar-refractivity contribution in [2.75, 3.05) is 13.2 Å². The highest BCUT2D eigenvalue weighted by molar-refractivity contribution is 5.36. The van der Waals surface area contributed by atoms with Gasteiger partial charge in [0, 0.05) is 23.7 Å². The molecule has 0 aliphatic rings. The van der Waals surface area contributed by atoms with E-state index in [-0.39, 0.29) is 25.3 Å². The second kappa shape index (κ2) is 5.54. The van der Waals surface area contributed by atoms with Gasteiger partial charge in [-0.05, 0) is 18.9 Å². The zero-order chi connectivity index (χ0) is 13.8. The molecule has 7 nitrogen and oxygen atoms in total. The maximum atomic E-state index is 10.7. The van der Waals surface area contributed by atoms with Crippen LogP contribution in [0.5, 0.6) is 0 Å². The fraction of sp³-hybridized carbons (Fsp3) is 0.455. The van der Waals surface area contributed by atoms with Crippen molar-refractivity contribution in [2.45, 2.75) is 18.8 Å². The molecule has 0 radical (unpaired) electrons. The van der Waals surface area contributed by atoms with Crippen LogP contribution in [0.25, 0.3) is 0 Å². The average Bonchev–Trinajstić information content (AvgIpc) is 2.28. The first-order valence-electron chi connectivity index (χ1n) is 5.36. The molecule has 0 aromatic heterocycles. The Morgan fingerprint density at radius 3 is 2.17 bits per heavy atom. The second-order valence-corrected chi connectivity index (χ2v) is 4.33. The lowest BCUT2D eigenvalue weighted by molar-refractivity contribution is -0.490. The van der Waals surface area contributed by atoms with Crippen molar-refractivity contribution in [1.29, 1.82) is 0 Å². The third-order valence-electron chi connectivity index (χ3n) is 2.92. The molecule has 1 rings (SSSR count). The van der Waals surface area contributed by atoms with Gasteiger partial charge >= 0.3 is 0 Å². The number of nitro groups is 2. The van der Waals surface area contributed by atoms with E-state index in [1.807, 2.05) is 0 Å². The number of benzene rings is 1. The quantitative estimate of drug-likeness (QED) is 0.611. The van der Waals surface area contributed by atoms with E-state index in [1.54, 1.807) is 6.92 Å². The molecular weight excluding hydrogens is 240 g/mol. The van der Waals surface area contributed by atoms with Crippen molar-refractivity contribution in [3.8, 4) is 0 Å². The fourth-order valence-electron chi connectivity index (χ4n) is 1.83. The highest BCUT2D eigenvalue weighted by atomic mass is 16.6. The van der Waals surface area contributed by atoms with Crippen molar-refractivity contribution in [2.24, 2.45) is 0 Å². The standard InChI is InChI=1S/C11H14N2O5/c1-11(6-7-14,8-12(15)16)9-2-4-10(5-3-9)13(17)18/h2-5,14H,6-8H2,1H3. The number of hydrogen-bond acceptors (Lipinski definition) is 5. The van der Waals surface area contributed by atoms with Crippen LogP contribution in [-0.4, -0.2) is 28.1 Å². The van der Waals surface area contributed by atoms with Crippen LogP contribution in [0.4, 0.5) is 5.69 Å². The van der Waals surface area contributed by atoms with Crippen molar-refractivity contribution in [3.05, 3.63) is 50.1 Å². The number of aliphatic hydroxyl groups excluding tert-OH is 1. The van der Waals surface area contributed by atoms with Crippen LogP contribution >= 0.6 is 0 Å². The molecule has 1 aromatic rings. The topological polar surface area (TPSA) is 107 Å². The van der Waals surface area contributed by atoms with Crippen molar-refractivity contribution in [3.63, 3.8) is 0 Å². The monoisotopic (exact) mass is 254 g/mol. The number of hydrogen-bond donors (Lipinski definition) is 1. The minimum atomic E-state index is -0.826. The van der Waals surface area contributed by atoms with E-state index in [0.29, 0.717) is 5.56 Å². The van der Waals surface area contributed by atoms with Gasteiger partial charge in [-0.15, -0.1) is 0 Å². The van der Waals surface area contributed by atoms with E-state index < -0.39 is 15.3 Å². The SMILES string of the molecule is CC(CCO)(C[N+](=O)[O-])c1ccc([N+](=O)[O-])cc1. The van der Waals surface area contributed by atoms with Crippen molar-refractivity contribution in [1.82, 2.24) is 0 Å². The van der Waals surface area contributed by atoms with Gasteiger partial charge in [0.1, 0.15) is 0 Å². The maximum Gasteiger partial charge on any atom is 0.269 e. The first-order valence-corrected chi connectivity index (χ1v) is 5.36. The van der Waals surface area contributed by atoms with Crippen molar-refractivity contribution >= 4 is 5.69 Å². The van der Waals surface area contributed by atoms with E-state index in [2.05, 4.69) is 0 Å². The number of aliphatic hydroxyl groups is 1. The van der Waals surface area contributed by atoms with Crippen LogP contribution in [0.3, 0.4) is 0 Å². The summed E-state index contributed by atoms with van der Waals surface area (Å²) < 4.78 is 0. The Morgan fingerprint density at radius 2 is 1.78 bits per heavy atom. The highest BCUT2D eigenvalue weighted by Crippen LogP contribution is 2.29. The van der Waals surface area contributed by atoms with E-state index >= 15 is 0 Å². The molecule has 98 valence electrons. The molecule has 0 heterocycles. The summed E-state index contributed by atoms with van der Waals surface area (Å²) in [6.07, 6.45) is 0.228. The first kappa shape index (κ1) is 14.0. The number of nitro benzene ring substituents is 1. The summed E-state index contributed by atoms with van der Waals surface area (Å²) in [5.41, 5.74) is -0.280. The minimum absolute atomic E-state index is 0.0637. The summed E-state index contributed by atoms with van der Waals surface area (Å²) in [6, 6.07) is 5.62. The molecule has 0 aliphatic heterocycles. The van der Waals surface area contributed by atoms with Crippen molar-refractivity contribution < 1.29 is 15.0 Å². The van der Waals surface area contributed by atoms with Gasteiger partial charge in [0.25, 0.3) is 5.69 Å². The van der Waals surface area contributed by atoms with E-state index in [9.17, 15) is 20.2 Å². The summed E-state index contributed by atoms with van der Waals surface area (Å²) in [6.45, 7) is 1.15. The zero-order valence-corrected chi connectivity index (χ0v) is 9.91. The van der Waals surface area contributed by atoms with Gasteiger partial charge in [-0.1, -0.05) is 12.1 Å². The number of non-ortho nitro benzene ring substituents is 1. The Kier molecular flexibility index (Phi) is 4.33. The van der Waals surface area contributed by atoms with Gasteiger partial charge in [-0.3, -0.25) is 20.2 Å². The molecule has 18 heavy (non-hydrogen) atoms. The zero-order valence-electron chi connectivity index (χ0n) is 9.91. The summed E-state index contributed by atoms with van der Waals surface area (Å²) in [7, 11) is 0. The van der Waals surface area contributed by atoms with Crippen LogP contribution in [-0.2, 0) is 5.41 Å². The molecular formula is C11H14N2O5. The Labute approximate surface area is 103 Å². The molecule has 0 bridgehead atoms. The predicted molar refractivity (Wildman–Crippen MR) is 64.0 cm³/mol. The van der Waals surface area contributed by atoms with Gasteiger partial charge in [0.15, 0.2) is 0 Å². The maximum absolute atomic E-state index is 10.7. The molecule has 7 heteroatoms. The lowest BCUT2D eigenvalue weighted by atomic mass is 9.79. The molecule has 0 saturated carbocycles. The molecule has 1 atom stereocenters. The summed E-state index contributed by atoms with van der Waals surface area (Å²) in [5, 5.41) is 30.2. The van der Waals surface area contributed by atoms with Gasteiger partial charge in [0.2, 0.25) is 6.54 Å². The Morgan fingerprint density at radius 1 is 1.22 bits per heavy atom. The lowest BCUT2D eigenvalue weighted by Crippen LogP contribution is -2.32. The molecule has 0 saturated heterocycles. The smallest absolute Gasteiger partial charge is 0.269 e. The number of rotatable bonds is 6. The second-order valence-electron chi connectivity index (χ2n) is 4.33. The Bertz CT molecular complexity index is 445. The van der Waals surface area contributed by atoms with E-state index in [4.69, 9.17) is 5.11 Å². The van der Waals surface area contributed by atoms with E-state index in [1.165, 1.54) is 24.3 Å². The third kappa shape index (κ3) is 3.24. The summed E-state index contributed by atoms with van der Waals surface area (Å²) >= 11 is 0. The van der Waals surface area contributed by atoms with Gasteiger partial charge in [0.05, 0.1) is 10.3 Å². The largest absolute Gasteiger partial charge is 0.396 e. The Balaban J connectivity index is 3.05. The van der Waals surface area contributed by atoms with Crippen LogP contribution in [0.15, 0.2) is 24.3 Å². The average molecular weight is 254 g/mol. The van der Waals surface area contributed by atoms with Crippen LogP contribution in [0.2, 0.25) is 0 Å². The first-order chi connectivity index (χ1) is 8.39.